The minimum absolute atomic E-state index is 0.362. The second-order valence-electron chi connectivity index (χ2n) is 5.89. The highest BCUT2D eigenvalue weighted by atomic mass is 35.5. The molecule has 1 unspecified atom stereocenters. The molecule has 1 saturated heterocycles. The first kappa shape index (κ1) is 12.6. The molecule has 0 bridgehead atoms. The molecule has 0 amide bonds. The lowest BCUT2D eigenvalue weighted by molar-refractivity contribution is 0.263. The summed E-state index contributed by atoms with van der Waals surface area (Å²) in [6.45, 7) is 10.9. The lowest BCUT2D eigenvalue weighted by Gasteiger charge is -2.27. The Morgan fingerprint density at radius 3 is 2.59 bits per heavy atom. The number of aromatic nitrogens is 2. The number of nitrogens with zero attached hydrogens (tertiary/aromatic N) is 3. The third-order valence-electron chi connectivity index (χ3n) is 3.53. The van der Waals surface area contributed by atoms with Gasteiger partial charge in [0, 0.05) is 19.2 Å². The van der Waals surface area contributed by atoms with E-state index in [1.54, 1.807) is 0 Å². The Morgan fingerprint density at radius 2 is 2.06 bits per heavy atom. The van der Waals surface area contributed by atoms with Crippen molar-refractivity contribution in [3.8, 4) is 0 Å². The number of halogens is 1. The van der Waals surface area contributed by atoms with Crippen molar-refractivity contribution in [3.05, 3.63) is 17.0 Å². The molecule has 0 radical (unpaired) electrons. The van der Waals surface area contributed by atoms with Crippen molar-refractivity contribution in [1.82, 2.24) is 9.97 Å². The maximum Gasteiger partial charge on any atom is 0.134 e. The molecule has 17 heavy (non-hydrogen) atoms. The van der Waals surface area contributed by atoms with Crippen LogP contribution in [0.2, 0.25) is 5.15 Å². The zero-order valence-corrected chi connectivity index (χ0v) is 11.8. The van der Waals surface area contributed by atoms with Gasteiger partial charge in [-0.2, -0.15) is 0 Å². The number of rotatable bonds is 1. The zero-order chi connectivity index (χ0) is 12.6. The predicted molar refractivity (Wildman–Crippen MR) is 71.6 cm³/mol. The van der Waals surface area contributed by atoms with Crippen LogP contribution in [0, 0.1) is 18.3 Å². The Hall–Kier alpha value is -0.830. The van der Waals surface area contributed by atoms with Crippen LogP contribution >= 0.6 is 11.6 Å². The van der Waals surface area contributed by atoms with E-state index in [0.717, 1.165) is 30.6 Å². The first-order valence-electron chi connectivity index (χ1n) is 6.12. The van der Waals surface area contributed by atoms with Gasteiger partial charge in [0.1, 0.15) is 16.8 Å². The molecule has 4 heteroatoms. The van der Waals surface area contributed by atoms with Gasteiger partial charge in [-0.25, -0.2) is 9.97 Å². The van der Waals surface area contributed by atoms with Crippen LogP contribution < -0.4 is 4.90 Å². The van der Waals surface area contributed by atoms with Gasteiger partial charge in [0.05, 0.1) is 0 Å². The molecule has 1 aliphatic rings. The van der Waals surface area contributed by atoms with E-state index in [4.69, 9.17) is 11.6 Å². The number of hydrogen-bond acceptors (Lipinski definition) is 3. The van der Waals surface area contributed by atoms with Crippen LogP contribution in [0.15, 0.2) is 6.07 Å². The average molecular weight is 254 g/mol. The smallest absolute Gasteiger partial charge is 0.134 e. The fourth-order valence-corrected chi connectivity index (χ4v) is 2.57. The summed E-state index contributed by atoms with van der Waals surface area (Å²) in [5.41, 5.74) is 0.362. The highest BCUT2D eigenvalue weighted by molar-refractivity contribution is 6.29. The third kappa shape index (κ3) is 2.89. The highest BCUT2D eigenvalue weighted by Crippen LogP contribution is 2.35. The molecule has 2 heterocycles. The summed E-state index contributed by atoms with van der Waals surface area (Å²) in [5.74, 6) is 2.43. The zero-order valence-electron chi connectivity index (χ0n) is 11.0. The number of aryl methyl sites for hydroxylation is 1. The summed E-state index contributed by atoms with van der Waals surface area (Å²) in [6.07, 6.45) is 1.23. The lowest BCUT2D eigenvalue weighted by Crippen LogP contribution is -2.26. The van der Waals surface area contributed by atoms with Gasteiger partial charge in [-0.15, -0.1) is 0 Å². The second-order valence-corrected chi connectivity index (χ2v) is 6.28. The fraction of sp³-hybridized carbons (Fsp3) is 0.692. The molecule has 0 aliphatic carbocycles. The normalized spacial score (nSPS) is 21.0. The van der Waals surface area contributed by atoms with Crippen LogP contribution in [-0.4, -0.2) is 23.1 Å². The summed E-state index contributed by atoms with van der Waals surface area (Å²) in [7, 11) is 0. The molecular formula is C13H20ClN3. The molecule has 1 aromatic rings. The molecule has 0 N–H and O–H groups in total. The SMILES string of the molecule is Cc1nc(Cl)cc(N2CCC(C(C)(C)C)C2)n1. The Labute approximate surface area is 108 Å². The van der Waals surface area contributed by atoms with E-state index < -0.39 is 0 Å². The minimum atomic E-state index is 0.362. The number of anilines is 1. The summed E-state index contributed by atoms with van der Waals surface area (Å²) in [6, 6.07) is 1.86. The summed E-state index contributed by atoms with van der Waals surface area (Å²) >= 11 is 5.98. The van der Waals surface area contributed by atoms with E-state index in [2.05, 4.69) is 35.6 Å². The van der Waals surface area contributed by atoms with E-state index in [1.165, 1.54) is 6.42 Å². The van der Waals surface area contributed by atoms with Crippen molar-refractivity contribution in [2.75, 3.05) is 18.0 Å². The maximum atomic E-state index is 5.98. The van der Waals surface area contributed by atoms with Crippen molar-refractivity contribution in [2.45, 2.75) is 34.1 Å². The quantitative estimate of drug-likeness (QED) is 0.719. The average Bonchev–Trinajstić information content (AvgIpc) is 2.63. The standard InChI is InChI=1S/C13H20ClN3/c1-9-15-11(14)7-12(16-9)17-6-5-10(8-17)13(2,3)4/h7,10H,5-6,8H2,1-4H3. The van der Waals surface area contributed by atoms with E-state index in [1.807, 2.05) is 13.0 Å². The lowest BCUT2D eigenvalue weighted by atomic mass is 9.80. The predicted octanol–water partition coefficient (Wildman–Crippen LogP) is 3.31. The summed E-state index contributed by atoms with van der Waals surface area (Å²) in [5, 5.41) is 0.534. The van der Waals surface area contributed by atoms with Crippen LogP contribution in [0.25, 0.3) is 0 Å². The minimum Gasteiger partial charge on any atom is -0.356 e. The van der Waals surface area contributed by atoms with Gasteiger partial charge >= 0.3 is 0 Å². The second kappa shape index (κ2) is 4.45. The molecule has 1 aromatic heterocycles. The molecule has 1 fully saturated rings. The van der Waals surface area contributed by atoms with Gasteiger partial charge in [-0.05, 0) is 24.7 Å². The molecule has 2 rings (SSSR count). The first-order valence-corrected chi connectivity index (χ1v) is 6.50. The van der Waals surface area contributed by atoms with E-state index in [9.17, 15) is 0 Å². The van der Waals surface area contributed by atoms with Crippen LogP contribution in [0.4, 0.5) is 5.82 Å². The van der Waals surface area contributed by atoms with E-state index >= 15 is 0 Å². The Morgan fingerprint density at radius 1 is 1.35 bits per heavy atom. The summed E-state index contributed by atoms with van der Waals surface area (Å²) in [4.78, 5) is 10.9. The van der Waals surface area contributed by atoms with E-state index in [-0.39, 0.29) is 0 Å². The summed E-state index contributed by atoms with van der Waals surface area (Å²) < 4.78 is 0. The Balaban J connectivity index is 2.15. The molecule has 0 spiro atoms. The van der Waals surface area contributed by atoms with Gasteiger partial charge in [0.2, 0.25) is 0 Å². The van der Waals surface area contributed by atoms with Crippen molar-refractivity contribution >= 4 is 17.4 Å². The van der Waals surface area contributed by atoms with Gasteiger partial charge in [0.15, 0.2) is 0 Å². The van der Waals surface area contributed by atoms with E-state index in [0.29, 0.717) is 10.6 Å². The van der Waals surface area contributed by atoms with Crippen molar-refractivity contribution in [2.24, 2.45) is 11.3 Å². The molecule has 0 aromatic carbocycles. The number of hydrogen-bond donors (Lipinski definition) is 0. The van der Waals surface area contributed by atoms with Crippen LogP contribution in [0.1, 0.15) is 33.0 Å². The van der Waals surface area contributed by atoms with Gasteiger partial charge in [-0.3, -0.25) is 0 Å². The van der Waals surface area contributed by atoms with Gasteiger partial charge in [-0.1, -0.05) is 32.4 Å². The van der Waals surface area contributed by atoms with Crippen molar-refractivity contribution in [3.63, 3.8) is 0 Å². The Bertz CT molecular complexity index is 391. The topological polar surface area (TPSA) is 29.0 Å². The van der Waals surface area contributed by atoms with Crippen molar-refractivity contribution < 1.29 is 0 Å². The highest BCUT2D eigenvalue weighted by Gasteiger charge is 2.32. The molecule has 94 valence electrons. The maximum absolute atomic E-state index is 5.98. The molecule has 1 atom stereocenters. The van der Waals surface area contributed by atoms with Gasteiger partial charge in [0.25, 0.3) is 0 Å². The largest absolute Gasteiger partial charge is 0.356 e. The molecular weight excluding hydrogens is 234 g/mol. The Kier molecular flexibility index (Phi) is 3.30. The molecule has 0 saturated carbocycles. The van der Waals surface area contributed by atoms with Gasteiger partial charge < -0.3 is 4.90 Å². The van der Waals surface area contributed by atoms with Crippen LogP contribution in [0.3, 0.4) is 0 Å². The first-order chi connectivity index (χ1) is 7.86. The monoisotopic (exact) mass is 253 g/mol. The fourth-order valence-electron chi connectivity index (χ4n) is 2.35. The van der Waals surface area contributed by atoms with Crippen molar-refractivity contribution in [1.29, 1.82) is 0 Å². The van der Waals surface area contributed by atoms with Crippen LogP contribution in [0.5, 0.6) is 0 Å². The molecule has 3 nitrogen and oxygen atoms in total. The molecule has 1 aliphatic heterocycles. The van der Waals surface area contributed by atoms with Crippen LogP contribution in [-0.2, 0) is 0 Å². The third-order valence-corrected chi connectivity index (χ3v) is 3.72.